The first-order valence-corrected chi connectivity index (χ1v) is 13.9. The van der Waals surface area contributed by atoms with Gasteiger partial charge in [-0.15, -0.1) is 0 Å². The van der Waals surface area contributed by atoms with Crippen LogP contribution in [0, 0.1) is 6.92 Å². The first kappa shape index (κ1) is 29.0. The molecule has 0 radical (unpaired) electrons. The Kier molecular flexibility index (Phi) is 9.77. The van der Waals surface area contributed by atoms with Crippen LogP contribution in [0.2, 0.25) is 5.02 Å². The first-order valence-electron chi connectivity index (χ1n) is 12.1. The monoisotopic (exact) mass is 557 g/mol. The van der Waals surface area contributed by atoms with Crippen molar-refractivity contribution in [2.45, 2.75) is 37.8 Å². The highest BCUT2D eigenvalue weighted by atomic mass is 35.5. The molecule has 0 aliphatic heterocycles. The first-order chi connectivity index (χ1) is 18.1. The zero-order valence-electron chi connectivity index (χ0n) is 21.8. The maximum absolute atomic E-state index is 13.9. The summed E-state index contributed by atoms with van der Waals surface area (Å²) in [5.74, 6) is -0.601. The third-order valence-corrected chi connectivity index (χ3v) is 8.17. The number of methoxy groups -OCH3 is 1. The molecule has 3 aromatic rings. The summed E-state index contributed by atoms with van der Waals surface area (Å²) < 4.78 is 34.3. The van der Waals surface area contributed by atoms with E-state index in [0.29, 0.717) is 17.2 Å². The molecule has 0 fully saturated rings. The number of nitrogens with one attached hydrogen (secondary N) is 1. The molecule has 0 aliphatic carbocycles. The Balaban J connectivity index is 2.09. The predicted molar refractivity (Wildman–Crippen MR) is 149 cm³/mol. The van der Waals surface area contributed by atoms with Crippen molar-refractivity contribution in [1.29, 1.82) is 0 Å². The summed E-state index contributed by atoms with van der Waals surface area (Å²) in [5.41, 5.74) is 1.85. The average molecular weight is 558 g/mol. The number of nitrogens with zero attached hydrogens (tertiary/aromatic N) is 2. The number of halogens is 1. The third-order valence-electron chi connectivity index (χ3n) is 6.14. The maximum Gasteiger partial charge on any atom is 0.264 e. The van der Waals surface area contributed by atoms with Gasteiger partial charge in [-0.1, -0.05) is 60.5 Å². The summed E-state index contributed by atoms with van der Waals surface area (Å²) in [7, 11) is -1.25. The molecule has 0 aliphatic rings. The minimum atomic E-state index is -4.18. The standard InChI is InChI=1S/C28H32ClN3O5S/c1-5-24(28(34)30-3)31(18-21-12-14-22(29)15-13-21)27(33)19-32(25-8-6-7-9-26(25)37-4)38(35,36)23-16-10-20(2)11-17-23/h6-17,24H,5,18-19H2,1-4H3,(H,30,34)/t24-/m1/s1. The van der Waals surface area contributed by atoms with Gasteiger partial charge >= 0.3 is 0 Å². The molecule has 0 saturated heterocycles. The van der Waals surface area contributed by atoms with Crippen LogP contribution < -0.4 is 14.4 Å². The lowest BCUT2D eigenvalue weighted by molar-refractivity contribution is -0.140. The molecule has 1 N–H and O–H groups in total. The van der Waals surface area contributed by atoms with Gasteiger partial charge in [0, 0.05) is 18.6 Å². The normalized spacial score (nSPS) is 11.9. The van der Waals surface area contributed by atoms with E-state index in [1.165, 1.54) is 31.2 Å². The topological polar surface area (TPSA) is 96.0 Å². The SMILES string of the molecule is CC[C@H](C(=O)NC)N(Cc1ccc(Cl)cc1)C(=O)CN(c1ccccc1OC)S(=O)(=O)c1ccc(C)cc1. The fraction of sp³-hybridized carbons (Fsp3) is 0.286. The molecule has 0 saturated carbocycles. The summed E-state index contributed by atoms with van der Waals surface area (Å²) in [6, 6.07) is 19.1. The lowest BCUT2D eigenvalue weighted by atomic mass is 10.1. The molecule has 3 aromatic carbocycles. The van der Waals surface area contributed by atoms with Crippen molar-refractivity contribution in [3.8, 4) is 5.75 Å². The van der Waals surface area contributed by atoms with Crippen molar-refractivity contribution < 1.29 is 22.7 Å². The summed E-state index contributed by atoms with van der Waals surface area (Å²) >= 11 is 6.03. The van der Waals surface area contributed by atoms with E-state index in [1.807, 2.05) is 6.92 Å². The van der Waals surface area contributed by atoms with E-state index in [1.54, 1.807) is 67.6 Å². The minimum Gasteiger partial charge on any atom is -0.495 e. The van der Waals surface area contributed by atoms with Crippen LogP contribution in [-0.4, -0.2) is 51.9 Å². The van der Waals surface area contributed by atoms with E-state index in [9.17, 15) is 18.0 Å². The number of hydrogen-bond acceptors (Lipinski definition) is 5. The van der Waals surface area contributed by atoms with E-state index in [-0.39, 0.29) is 23.0 Å². The molecule has 0 bridgehead atoms. The molecule has 10 heteroatoms. The van der Waals surface area contributed by atoms with Gasteiger partial charge in [0.05, 0.1) is 17.7 Å². The molecule has 38 heavy (non-hydrogen) atoms. The van der Waals surface area contributed by atoms with Crippen LogP contribution in [0.4, 0.5) is 5.69 Å². The number of likely N-dealkylation sites (N-methyl/N-ethyl adjacent to an activating group) is 1. The maximum atomic E-state index is 13.9. The molecule has 202 valence electrons. The molecular weight excluding hydrogens is 526 g/mol. The number of para-hydroxylation sites is 2. The summed E-state index contributed by atoms with van der Waals surface area (Å²) in [5, 5.41) is 3.14. The number of benzene rings is 3. The van der Waals surface area contributed by atoms with Gasteiger partial charge in [0.15, 0.2) is 0 Å². The number of ether oxygens (including phenoxy) is 1. The molecular formula is C28H32ClN3O5S. The Morgan fingerprint density at radius 3 is 2.21 bits per heavy atom. The third kappa shape index (κ3) is 6.65. The van der Waals surface area contributed by atoms with Crippen molar-refractivity contribution in [3.63, 3.8) is 0 Å². The summed E-state index contributed by atoms with van der Waals surface area (Å²) in [6.45, 7) is 3.20. The smallest absolute Gasteiger partial charge is 0.264 e. The quantitative estimate of drug-likeness (QED) is 0.377. The Morgan fingerprint density at radius 1 is 1.00 bits per heavy atom. The highest BCUT2D eigenvalue weighted by Gasteiger charge is 2.34. The molecule has 0 unspecified atom stereocenters. The van der Waals surface area contributed by atoms with E-state index >= 15 is 0 Å². The number of sulfonamides is 1. The second-order valence-corrected chi connectivity index (χ2v) is 11.0. The van der Waals surface area contributed by atoms with Gasteiger partial charge in [0.25, 0.3) is 10.0 Å². The largest absolute Gasteiger partial charge is 0.495 e. The lowest BCUT2D eigenvalue weighted by Gasteiger charge is -2.33. The lowest BCUT2D eigenvalue weighted by Crippen LogP contribution is -2.51. The molecule has 0 aromatic heterocycles. The van der Waals surface area contributed by atoms with Gasteiger partial charge < -0.3 is 15.0 Å². The summed E-state index contributed by atoms with van der Waals surface area (Å²) in [6.07, 6.45) is 0.332. The number of hydrogen-bond donors (Lipinski definition) is 1. The van der Waals surface area contributed by atoms with Crippen molar-refractivity contribution in [2.75, 3.05) is 25.0 Å². The average Bonchev–Trinajstić information content (AvgIpc) is 2.92. The highest BCUT2D eigenvalue weighted by Crippen LogP contribution is 2.32. The van der Waals surface area contributed by atoms with E-state index in [0.717, 1.165) is 15.4 Å². The summed E-state index contributed by atoms with van der Waals surface area (Å²) in [4.78, 5) is 28.1. The molecule has 2 amide bonds. The number of rotatable bonds is 11. The van der Waals surface area contributed by atoms with Crippen molar-refractivity contribution >= 4 is 39.1 Å². The number of carbonyl (C=O) groups is 2. The number of amides is 2. The zero-order valence-corrected chi connectivity index (χ0v) is 23.4. The van der Waals surface area contributed by atoms with Crippen molar-refractivity contribution in [1.82, 2.24) is 10.2 Å². The van der Waals surface area contributed by atoms with Crippen LogP contribution in [-0.2, 0) is 26.2 Å². The van der Waals surface area contributed by atoms with E-state index in [4.69, 9.17) is 16.3 Å². The number of carbonyl (C=O) groups excluding carboxylic acids is 2. The van der Waals surface area contributed by atoms with Gasteiger partial charge in [0.2, 0.25) is 11.8 Å². The van der Waals surface area contributed by atoms with Gasteiger partial charge in [0.1, 0.15) is 18.3 Å². The minimum absolute atomic E-state index is 0.0319. The van der Waals surface area contributed by atoms with E-state index in [2.05, 4.69) is 5.32 Å². The highest BCUT2D eigenvalue weighted by molar-refractivity contribution is 7.92. The van der Waals surface area contributed by atoms with Crippen molar-refractivity contribution in [3.05, 3.63) is 88.9 Å². The fourth-order valence-corrected chi connectivity index (χ4v) is 5.61. The Labute approximate surface area is 229 Å². The second kappa shape index (κ2) is 12.8. The number of aryl methyl sites for hydroxylation is 1. The number of anilines is 1. The fourth-order valence-electron chi connectivity index (χ4n) is 4.06. The Morgan fingerprint density at radius 2 is 1.63 bits per heavy atom. The Bertz CT molecular complexity index is 1360. The van der Waals surface area contributed by atoms with Crippen LogP contribution >= 0.6 is 11.6 Å². The second-order valence-electron chi connectivity index (χ2n) is 8.68. The molecule has 8 nitrogen and oxygen atoms in total. The molecule has 0 spiro atoms. The molecule has 3 rings (SSSR count). The molecule has 1 atom stereocenters. The van der Waals surface area contributed by atoms with Crippen LogP contribution in [0.5, 0.6) is 5.75 Å². The van der Waals surface area contributed by atoms with Gasteiger partial charge in [-0.25, -0.2) is 8.42 Å². The van der Waals surface area contributed by atoms with Crippen molar-refractivity contribution in [2.24, 2.45) is 0 Å². The van der Waals surface area contributed by atoms with Crippen LogP contribution in [0.15, 0.2) is 77.7 Å². The van der Waals surface area contributed by atoms with Crippen LogP contribution in [0.25, 0.3) is 0 Å². The van der Waals surface area contributed by atoms with Gasteiger partial charge in [-0.05, 0) is 55.3 Å². The molecule has 0 heterocycles. The Hall–Kier alpha value is -3.56. The van der Waals surface area contributed by atoms with Gasteiger partial charge in [-0.2, -0.15) is 0 Å². The van der Waals surface area contributed by atoms with Crippen LogP contribution in [0.3, 0.4) is 0 Å². The zero-order chi connectivity index (χ0) is 27.9. The van der Waals surface area contributed by atoms with Crippen LogP contribution in [0.1, 0.15) is 24.5 Å². The predicted octanol–water partition coefficient (Wildman–Crippen LogP) is 4.41. The van der Waals surface area contributed by atoms with E-state index < -0.39 is 28.5 Å². The van der Waals surface area contributed by atoms with Gasteiger partial charge in [-0.3, -0.25) is 13.9 Å².